The molecule has 1 N–H and O–H groups in total. The smallest absolute Gasteiger partial charge is 0.272 e. The van der Waals surface area contributed by atoms with Gasteiger partial charge in [0.15, 0.2) is 0 Å². The summed E-state index contributed by atoms with van der Waals surface area (Å²) in [5.41, 5.74) is 1.61. The number of hydrogen-bond donors (Lipinski definition) is 1. The third-order valence-electron chi connectivity index (χ3n) is 4.05. The first kappa shape index (κ1) is 12.0. The van der Waals surface area contributed by atoms with Gasteiger partial charge in [-0.25, -0.2) is 0 Å². The van der Waals surface area contributed by atoms with E-state index >= 15 is 0 Å². The Balaban J connectivity index is 2.36. The van der Waals surface area contributed by atoms with Crippen molar-refractivity contribution in [3.05, 3.63) is 39.4 Å². The molecule has 1 aliphatic carbocycles. The third-order valence-corrected chi connectivity index (χ3v) is 4.05. The van der Waals surface area contributed by atoms with E-state index in [1.165, 1.54) is 0 Å². The maximum absolute atomic E-state index is 10.9. The van der Waals surface area contributed by atoms with Crippen LogP contribution in [0.2, 0.25) is 0 Å². The average Bonchev–Trinajstić information content (AvgIpc) is 2.26. The average molecular weight is 235 g/mol. The summed E-state index contributed by atoms with van der Waals surface area (Å²) in [6, 6.07) is 5.36. The number of aliphatic hydroxyl groups excluding tert-OH is 1. The molecule has 17 heavy (non-hydrogen) atoms. The maximum Gasteiger partial charge on any atom is 0.272 e. The maximum atomic E-state index is 10.9. The zero-order valence-electron chi connectivity index (χ0n) is 10.3. The molecule has 0 spiro atoms. The molecule has 2 atom stereocenters. The number of nitrogens with zero attached hydrogens (tertiary/aromatic N) is 1. The van der Waals surface area contributed by atoms with E-state index in [1.54, 1.807) is 19.1 Å². The Morgan fingerprint density at radius 1 is 1.47 bits per heavy atom. The summed E-state index contributed by atoms with van der Waals surface area (Å²) in [4.78, 5) is 10.5. The minimum atomic E-state index is -0.346. The van der Waals surface area contributed by atoms with Gasteiger partial charge in [-0.15, -0.1) is 0 Å². The first-order valence-corrected chi connectivity index (χ1v) is 5.77. The van der Waals surface area contributed by atoms with E-state index in [4.69, 9.17) is 0 Å². The van der Waals surface area contributed by atoms with Gasteiger partial charge < -0.3 is 5.11 Å². The highest BCUT2D eigenvalue weighted by molar-refractivity contribution is 5.44. The predicted molar refractivity (Wildman–Crippen MR) is 65.0 cm³/mol. The van der Waals surface area contributed by atoms with Crippen LogP contribution < -0.4 is 0 Å². The van der Waals surface area contributed by atoms with E-state index in [2.05, 4.69) is 0 Å². The molecule has 0 saturated heterocycles. The van der Waals surface area contributed by atoms with Crippen LogP contribution in [0.1, 0.15) is 37.3 Å². The molecule has 0 aromatic heterocycles. The Morgan fingerprint density at radius 3 is 2.59 bits per heavy atom. The van der Waals surface area contributed by atoms with Gasteiger partial charge in [0.25, 0.3) is 5.69 Å². The lowest BCUT2D eigenvalue weighted by Gasteiger charge is -2.49. The number of aliphatic hydroxyl groups is 1. The van der Waals surface area contributed by atoms with Crippen molar-refractivity contribution in [3.8, 4) is 0 Å². The summed E-state index contributed by atoms with van der Waals surface area (Å²) in [7, 11) is 0. The van der Waals surface area contributed by atoms with Gasteiger partial charge in [0.05, 0.1) is 11.0 Å². The van der Waals surface area contributed by atoms with Gasteiger partial charge in [0.1, 0.15) is 0 Å². The van der Waals surface area contributed by atoms with Crippen LogP contribution in [0.5, 0.6) is 0 Å². The summed E-state index contributed by atoms with van der Waals surface area (Å²) in [5, 5.41) is 20.6. The molecule has 0 bridgehead atoms. The van der Waals surface area contributed by atoms with Crippen molar-refractivity contribution >= 4 is 5.69 Å². The monoisotopic (exact) mass is 235 g/mol. The Kier molecular flexibility index (Phi) is 2.70. The molecule has 1 aromatic rings. The van der Waals surface area contributed by atoms with Crippen molar-refractivity contribution in [1.29, 1.82) is 0 Å². The predicted octanol–water partition coefficient (Wildman–Crippen LogP) is 2.78. The Bertz CT molecular complexity index is 468. The molecular weight excluding hydrogens is 218 g/mol. The lowest BCUT2D eigenvalue weighted by atomic mass is 9.58. The highest BCUT2D eigenvalue weighted by Gasteiger charge is 2.48. The molecule has 1 fully saturated rings. The fourth-order valence-corrected chi connectivity index (χ4v) is 2.51. The number of nitro groups is 1. The number of nitro benzene ring substituents is 1. The summed E-state index contributed by atoms with van der Waals surface area (Å²) >= 11 is 0. The van der Waals surface area contributed by atoms with Crippen molar-refractivity contribution in [1.82, 2.24) is 0 Å². The molecule has 92 valence electrons. The molecule has 0 aliphatic heterocycles. The molecule has 1 aliphatic rings. The van der Waals surface area contributed by atoms with Crippen LogP contribution in [0.15, 0.2) is 18.2 Å². The molecular formula is C13H17NO3. The summed E-state index contributed by atoms with van der Waals surface area (Å²) in [6.07, 6.45) is 0.376. The summed E-state index contributed by atoms with van der Waals surface area (Å²) in [6.45, 7) is 5.73. The fourth-order valence-electron chi connectivity index (χ4n) is 2.51. The van der Waals surface area contributed by atoms with E-state index in [9.17, 15) is 15.2 Å². The van der Waals surface area contributed by atoms with Gasteiger partial charge in [-0.05, 0) is 30.2 Å². The van der Waals surface area contributed by atoms with Crippen molar-refractivity contribution in [3.63, 3.8) is 0 Å². The second kappa shape index (κ2) is 3.81. The van der Waals surface area contributed by atoms with Crippen LogP contribution in [0.3, 0.4) is 0 Å². The molecule has 0 radical (unpaired) electrons. The van der Waals surface area contributed by atoms with Crippen molar-refractivity contribution in [2.45, 2.75) is 39.2 Å². The van der Waals surface area contributed by atoms with Crippen molar-refractivity contribution < 1.29 is 10.0 Å². The number of aryl methyl sites for hydroxylation is 1. The molecule has 2 unspecified atom stereocenters. The van der Waals surface area contributed by atoms with Crippen LogP contribution >= 0.6 is 0 Å². The first-order chi connectivity index (χ1) is 7.84. The molecule has 4 nitrogen and oxygen atoms in total. The Labute approximate surface area is 100 Å². The van der Waals surface area contributed by atoms with E-state index in [0.29, 0.717) is 12.0 Å². The number of hydrogen-bond acceptors (Lipinski definition) is 3. The molecule has 2 rings (SSSR count). The normalized spacial score (nSPS) is 26.4. The summed E-state index contributed by atoms with van der Waals surface area (Å²) in [5.74, 6) is 0.205. The molecule has 4 heteroatoms. The van der Waals surface area contributed by atoms with Crippen LogP contribution in [0.4, 0.5) is 5.69 Å². The highest BCUT2D eigenvalue weighted by Crippen LogP contribution is 2.52. The number of rotatable bonds is 2. The van der Waals surface area contributed by atoms with Gasteiger partial charge in [-0.3, -0.25) is 10.1 Å². The quantitative estimate of drug-likeness (QED) is 0.633. The minimum absolute atomic E-state index is 0.166. The third kappa shape index (κ3) is 1.82. The second-order valence-corrected chi connectivity index (χ2v) is 5.43. The zero-order chi connectivity index (χ0) is 12.8. The topological polar surface area (TPSA) is 63.4 Å². The van der Waals surface area contributed by atoms with Crippen LogP contribution in [-0.2, 0) is 0 Å². The Morgan fingerprint density at radius 2 is 2.12 bits per heavy atom. The largest absolute Gasteiger partial charge is 0.393 e. The molecule has 0 amide bonds. The van der Waals surface area contributed by atoms with Crippen molar-refractivity contribution in [2.75, 3.05) is 0 Å². The van der Waals surface area contributed by atoms with Crippen LogP contribution in [0.25, 0.3) is 0 Å². The van der Waals surface area contributed by atoms with Gasteiger partial charge in [-0.1, -0.05) is 26.0 Å². The van der Waals surface area contributed by atoms with Gasteiger partial charge in [0, 0.05) is 11.6 Å². The van der Waals surface area contributed by atoms with Gasteiger partial charge in [-0.2, -0.15) is 0 Å². The summed E-state index contributed by atoms with van der Waals surface area (Å²) < 4.78 is 0. The Hall–Kier alpha value is -1.42. The van der Waals surface area contributed by atoms with E-state index in [0.717, 1.165) is 5.56 Å². The lowest BCUT2D eigenvalue weighted by molar-refractivity contribution is -0.385. The molecule has 1 aromatic carbocycles. The van der Waals surface area contributed by atoms with Crippen LogP contribution in [-0.4, -0.2) is 16.1 Å². The van der Waals surface area contributed by atoms with Gasteiger partial charge >= 0.3 is 0 Å². The first-order valence-electron chi connectivity index (χ1n) is 5.77. The highest BCUT2D eigenvalue weighted by atomic mass is 16.6. The van der Waals surface area contributed by atoms with Crippen LogP contribution in [0, 0.1) is 22.5 Å². The number of benzene rings is 1. The minimum Gasteiger partial charge on any atom is -0.393 e. The lowest BCUT2D eigenvalue weighted by Crippen LogP contribution is -2.47. The SMILES string of the molecule is Cc1ccc(C2CC(O)C2(C)C)cc1[N+](=O)[O-]. The second-order valence-electron chi connectivity index (χ2n) is 5.43. The molecule has 1 saturated carbocycles. The molecule has 0 heterocycles. The van der Waals surface area contributed by atoms with E-state index < -0.39 is 0 Å². The van der Waals surface area contributed by atoms with E-state index in [1.807, 2.05) is 19.9 Å². The van der Waals surface area contributed by atoms with Crippen molar-refractivity contribution in [2.24, 2.45) is 5.41 Å². The standard InChI is InChI=1S/C13H17NO3/c1-8-4-5-9(6-11(8)14(16)17)10-7-12(15)13(10,2)3/h4-6,10,12,15H,7H2,1-3H3. The zero-order valence-corrected chi connectivity index (χ0v) is 10.3. The van der Waals surface area contributed by atoms with E-state index in [-0.39, 0.29) is 28.0 Å². The fraction of sp³-hybridized carbons (Fsp3) is 0.538. The van der Waals surface area contributed by atoms with Gasteiger partial charge in [0.2, 0.25) is 0 Å².